The number of nitrogens with two attached hydrogens (primary N) is 1. The fraction of sp³-hybridized carbons (Fsp3) is 0.667. The molecule has 1 aromatic rings. The van der Waals surface area contributed by atoms with Gasteiger partial charge in [0.2, 0.25) is 5.91 Å². The van der Waals surface area contributed by atoms with Crippen molar-refractivity contribution in [3.63, 3.8) is 0 Å². The van der Waals surface area contributed by atoms with Gasteiger partial charge in [-0.05, 0) is 50.7 Å². The van der Waals surface area contributed by atoms with Crippen molar-refractivity contribution in [3.05, 3.63) is 23.0 Å². The lowest BCUT2D eigenvalue weighted by molar-refractivity contribution is -0.122. The van der Waals surface area contributed by atoms with E-state index in [4.69, 9.17) is 5.73 Å². The minimum atomic E-state index is 0.199. The second kappa shape index (κ2) is 5.00. The maximum atomic E-state index is 11.6. The SMILES string of the molecule is Cc1cc2c(n1CCNC(=O)C1CC1)CCCC2N. The molecule has 1 saturated carbocycles. The van der Waals surface area contributed by atoms with Gasteiger partial charge in [-0.2, -0.15) is 0 Å². The van der Waals surface area contributed by atoms with E-state index in [2.05, 4.69) is 22.9 Å². The number of fused-ring (bicyclic) bond motifs is 1. The van der Waals surface area contributed by atoms with E-state index >= 15 is 0 Å². The highest BCUT2D eigenvalue weighted by atomic mass is 16.2. The molecule has 4 heteroatoms. The molecule has 19 heavy (non-hydrogen) atoms. The minimum absolute atomic E-state index is 0.199. The summed E-state index contributed by atoms with van der Waals surface area (Å²) in [5.41, 5.74) is 10.1. The molecule has 1 heterocycles. The van der Waals surface area contributed by atoms with Crippen LogP contribution < -0.4 is 11.1 Å². The van der Waals surface area contributed by atoms with Gasteiger partial charge in [0.1, 0.15) is 0 Å². The summed E-state index contributed by atoms with van der Waals surface area (Å²) in [5, 5.41) is 3.04. The van der Waals surface area contributed by atoms with Crippen LogP contribution in [0.2, 0.25) is 0 Å². The van der Waals surface area contributed by atoms with Gasteiger partial charge in [0.05, 0.1) is 0 Å². The average Bonchev–Trinajstić information content (AvgIpc) is 3.17. The quantitative estimate of drug-likeness (QED) is 0.866. The highest BCUT2D eigenvalue weighted by molar-refractivity contribution is 5.80. The van der Waals surface area contributed by atoms with Crippen molar-refractivity contribution in [3.8, 4) is 0 Å². The van der Waals surface area contributed by atoms with Crippen LogP contribution in [0.15, 0.2) is 6.07 Å². The Morgan fingerprint density at radius 1 is 1.47 bits per heavy atom. The number of nitrogens with one attached hydrogen (secondary N) is 1. The summed E-state index contributed by atoms with van der Waals surface area (Å²) in [6, 6.07) is 2.42. The lowest BCUT2D eigenvalue weighted by Crippen LogP contribution is -2.29. The van der Waals surface area contributed by atoms with Crippen molar-refractivity contribution < 1.29 is 4.79 Å². The van der Waals surface area contributed by atoms with E-state index in [9.17, 15) is 4.79 Å². The molecule has 3 rings (SSSR count). The van der Waals surface area contributed by atoms with Gasteiger partial charge >= 0.3 is 0 Å². The predicted octanol–water partition coefficient (Wildman–Crippen LogP) is 1.66. The van der Waals surface area contributed by atoms with Crippen LogP contribution in [-0.2, 0) is 17.8 Å². The number of amides is 1. The first-order valence-corrected chi connectivity index (χ1v) is 7.39. The highest BCUT2D eigenvalue weighted by Gasteiger charge is 2.29. The monoisotopic (exact) mass is 261 g/mol. The number of aromatic nitrogens is 1. The maximum absolute atomic E-state index is 11.6. The standard InChI is InChI=1S/C15H23N3O/c1-10-9-12-13(16)3-2-4-14(12)18(10)8-7-17-15(19)11-5-6-11/h9,11,13H,2-8,16H2,1H3,(H,17,19). The van der Waals surface area contributed by atoms with Crippen LogP contribution in [0.5, 0.6) is 0 Å². The van der Waals surface area contributed by atoms with E-state index in [1.807, 2.05) is 0 Å². The van der Waals surface area contributed by atoms with Crippen LogP contribution in [0, 0.1) is 12.8 Å². The summed E-state index contributed by atoms with van der Waals surface area (Å²) in [6.45, 7) is 3.73. The molecule has 0 saturated heterocycles. The third-order valence-electron chi connectivity index (χ3n) is 4.36. The fourth-order valence-corrected chi connectivity index (χ4v) is 3.09. The third kappa shape index (κ3) is 2.54. The van der Waals surface area contributed by atoms with Crippen molar-refractivity contribution in [2.45, 2.75) is 51.6 Å². The molecule has 1 fully saturated rings. The van der Waals surface area contributed by atoms with Gasteiger partial charge in [-0.3, -0.25) is 4.79 Å². The molecule has 0 aromatic carbocycles. The van der Waals surface area contributed by atoms with Gasteiger partial charge in [0.25, 0.3) is 0 Å². The Hall–Kier alpha value is -1.29. The summed E-state index contributed by atoms with van der Waals surface area (Å²) in [5.74, 6) is 0.531. The first-order valence-electron chi connectivity index (χ1n) is 7.39. The summed E-state index contributed by atoms with van der Waals surface area (Å²) < 4.78 is 2.33. The van der Waals surface area contributed by atoms with Crippen molar-refractivity contribution >= 4 is 5.91 Å². The smallest absolute Gasteiger partial charge is 0.223 e. The van der Waals surface area contributed by atoms with E-state index in [0.717, 1.165) is 38.8 Å². The topological polar surface area (TPSA) is 60.0 Å². The number of hydrogen-bond donors (Lipinski definition) is 2. The first kappa shape index (κ1) is 12.7. The van der Waals surface area contributed by atoms with Gasteiger partial charge < -0.3 is 15.6 Å². The first-order chi connectivity index (χ1) is 9.16. The number of carbonyl (C=O) groups is 1. The van der Waals surface area contributed by atoms with Crippen LogP contribution in [0.4, 0.5) is 0 Å². The number of rotatable bonds is 4. The van der Waals surface area contributed by atoms with Crippen molar-refractivity contribution in [2.75, 3.05) is 6.54 Å². The minimum Gasteiger partial charge on any atom is -0.354 e. The van der Waals surface area contributed by atoms with Gasteiger partial charge in [-0.1, -0.05) is 0 Å². The third-order valence-corrected chi connectivity index (χ3v) is 4.36. The van der Waals surface area contributed by atoms with E-state index in [-0.39, 0.29) is 11.9 Å². The molecule has 0 spiro atoms. The Morgan fingerprint density at radius 3 is 3.00 bits per heavy atom. The Balaban J connectivity index is 1.65. The Morgan fingerprint density at radius 2 is 2.26 bits per heavy atom. The molecule has 1 aromatic heterocycles. The van der Waals surface area contributed by atoms with Crippen LogP contribution in [0.25, 0.3) is 0 Å². The average molecular weight is 261 g/mol. The molecule has 3 N–H and O–H groups in total. The summed E-state index contributed by atoms with van der Waals surface area (Å²) in [6.07, 6.45) is 5.52. The molecule has 0 aliphatic heterocycles. The molecule has 0 radical (unpaired) electrons. The van der Waals surface area contributed by atoms with Crippen molar-refractivity contribution in [1.82, 2.24) is 9.88 Å². The molecular formula is C15H23N3O. The van der Waals surface area contributed by atoms with E-state index in [1.165, 1.54) is 23.4 Å². The number of nitrogens with zero attached hydrogens (tertiary/aromatic N) is 1. The second-order valence-corrected chi connectivity index (χ2v) is 5.90. The Bertz CT molecular complexity index is 488. The largest absolute Gasteiger partial charge is 0.354 e. The summed E-state index contributed by atoms with van der Waals surface area (Å²) >= 11 is 0. The number of aryl methyl sites for hydroxylation is 1. The van der Waals surface area contributed by atoms with Gasteiger partial charge in [-0.25, -0.2) is 0 Å². The molecule has 1 amide bonds. The molecule has 2 aliphatic rings. The fourth-order valence-electron chi connectivity index (χ4n) is 3.09. The summed E-state index contributed by atoms with van der Waals surface area (Å²) in [4.78, 5) is 11.6. The van der Waals surface area contributed by atoms with Crippen LogP contribution in [0.1, 0.15) is 48.7 Å². The lowest BCUT2D eigenvalue weighted by atomic mass is 9.93. The van der Waals surface area contributed by atoms with E-state index in [0.29, 0.717) is 5.92 Å². The Labute approximate surface area is 114 Å². The molecule has 2 aliphatic carbocycles. The van der Waals surface area contributed by atoms with E-state index in [1.54, 1.807) is 0 Å². The van der Waals surface area contributed by atoms with E-state index < -0.39 is 0 Å². The molecule has 1 atom stereocenters. The zero-order valence-corrected chi connectivity index (χ0v) is 11.6. The lowest BCUT2D eigenvalue weighted by Gasteiger charge is -2.21. The van der Waals surface area contributed by atoms with Crippen LogP contribution in [0.3, 0.4) is 0 Å². The number of hydrogen-bond acceptors (Lipinski definition) is 2. The number of carbonyl (C=O) groups excluding carboxylic acids is 1. The van der Waals surface area contributed by atoms with Crippen LogP contribution in [-0.4, -0.2) is 17.0 Å². The molecule has 104 valence electrons. The van der Waals surface area contributed by atoms with Crippen LogP contribution >= 0.6 is 0 Å². The maximum Gasteiger partial charge on any atom is 0.223 e. The summed E-state index contributed by atoms with van der Waals surface area (Å²) in [7, 11) is 0. The highest BCUT2D eigenvalue weighted by Crippen LogP contribution is 2.31. The zero-order chi connectivity index (χ0) is 13.4. The molecular weight excluding hydrogens is 238 g/mol. The van der Waals surface area contributed by atoms with Crippen molar-refractivity contribution in [2.24, 2.45) is 11.7 Å². The second-order valence-electron chi connectivity index (χ2n) is 5.90. The van der Waals surface area contributed by atoms with Crippen molar-refractivity contribution in [1.29, 1.82) is 0 Å². The molecule has 0 bridgehead atoms. The van der Waals surface area contributed by atoms with Gasteiger partial charge in [0, 0.05) is 36.4 Å². The normalized spacial score (nSPS) is 22.1. The van der Waals surface area contributed by atoms with Gasteiger partial charge in [-0.15, -0.1) is 0 Å². The zero-order valence-electron chi connectivity index (χ0n) is 11.6. The van der Waals surface area contributed by atoms with Gasteiger partial charge in [0.15, 0.2) is 0 Å². The molecule has 4 nitrogen and oxygen atoms in total. The molecule has 1 unspecified atom stereocenters. The Kier molecular flexibility index (Phi) is 3.35. The predicted molar refractivity (Wildman–Crippen MR) is 74.8 cm³/mol.